The van der Waals surface area contributed by atoms with Gasteiger partial charge in [0.1, 0.15) is 0 Å². The van der Waals surface area contributed by atoms with Gasteiger partial charge in [0.2, 0.25) is 0 Å². The van der Waals surface area contributed by atoms with Crippen LogP contribution in [-0.4, -0.2) is 12.6 Å². The molecule has 84 valence electrons. The van der Waals surface area contributed by atoms with Crippen LogP contribution >= 0.6 is 27.5 Å². The summed E-state index contributed by atoms with van der Waals surface area (Å²) in [5.74, 6) is 0. The molecule has 0 saturated heterocycles. The zero-order valence-corrected chi connectivity index (χ0v) is 11.5. The molecule has 1 nitrogen and oxygen atoms in total. The molecule has 0 radical (unpaired) electrons. The van der Waals surface area contributed by atoms with Crippen LogP contribution in [0.25, 0.3) is 0 Å². The second-order valence-electron chi connectivity index (χ2n) is 3.73. The van der Waals surface area contributed by atoms with Gasteiger partial charge in [0.15, 0.2) is 0 Å². The lowest BCUT2D eigenvalue weighted by molar-refractivity contribution is 0.531. The van der Waals surface area contributed by atoms with Crippen LogP contribution in [0.2, 0.25) is 5.02 Å². The first kappa shape index (κ1) is 13.0. The molecule has 0 aromatic heterocycles. The van der Waals surface area contributed by atoms with Gasteiger partial charge in [0, 0.05) is 15.5 Å². The molecule has 15 heavy (non-hydrogen) atoms. The number of halogens is 2. The van der Waals surface area contributed by atoms with Crippen LogP contribution in [0, 0.1) is 0 Å². The van der Waals surface area contributed by atoms with Crippen molar-refractivity contribution in [3.05, 3.63) is 33.3 Å². The van der Waals surface area contributed by atoms with E-state index >= 15 is 0 Å². The molecule has 0 aliphatic rings. The molecule has 1 atom stereocenters. The second kappa shape index (κ2) is 6.51. The van der Waals surface area contributed by atoms with Crippen molar-refractivity contribution >= 4 is 27.5 Å². The summed E-state index contributed by atoms with van der Waals surface area (Å²) >= 11 is 9.54. The lowest BCUT2D eigenvalue weighted by Gasteiger charge is -2.12. The summed E-state index contributed by atoms with van der Waals surface area (Å²) < 4.78 is 1.04. The van der Waals surface area contributed by atoms with Gasteiger partial charge in [-0.3, -0.25) is 0 Å². The van der Waals surface area contributed by atoms with Crippen molar-refractivity contribution in [3.8, 4) is 0 Å². The highest BCUT2D eigenvalue weighted by Crippen LogP contribution is 2.22. The van der Waals surface area contributed by atoms with Crippen molar-refractivity contribution in [1.82, 2.24) is 5.32 Å². The van der Waals surface area contributed by atoms with E-state index in [4.69, 9.17) is 11.6 Å². The normalized spacial score (nSPS) is 12.8. The third-order valence-corrected chi connectivity index (χ3v) is 3.26. The molecular formula is C12H17BrClN. The molecule has 0 heterocycles. The first-order valence-corrected chi connectivity index (χ1v) is 6.48. The number of hydrogen-bond acceptors (Lipinski definition) is 1. The Bertz CT molecular complexity index is 314. The van der Waals surface area contributed by atoms with E-state index in [-0.39, 0.29) is 0 Å². The van der Waals surface area contributed by atoms with Crippen LogP contribution in [-0.2, 0) is 6.42 Å². The smallest absolute Gasteiger partial charge is 0.0449 e. The van der Waals surface area contributed by atoms with Gasteiger partial charge in [-0.1, -0.05) is 40.5 Å². The Morgan fingerprint density at radius 3 is 2.80 bits per heavy atom. The molecule has 1 N–H and O–H groups in total. The van der Waals surface area contributed by atoms with Gasteiger partial charge in [0.25, 0.3) is 0 Å². The summed E-state index contributed by atoms with van der Waals surface area (Å²) in [6.45, 7) is 5.36. The number of hydrogen-bond donors (Lipinski definition) is 1. The zero-order valence-electron chi connectivity index (χ0n) is 9.19. The topological polar surface area (TPSA) is 12.0 Å². The predicted molar refractivity (Wildman–Crippen MR) is 70.6 cm³/mol. The van der Waals surface area contributed by atoms with Crippen LogP contribution in [0.15, 0.2) is 22.7 Å². The van der Waals surface area contributed by atoms with Gasteiger partial charge in [0.05, 0.1) is 0 Å². The van der Waals surface area contributed by atoms with E-state index in [0.717, 1.165) is 28.9 Å². The quantitative estimate of drug-likeness (QED) is 0.863. The molecule has 0 fully saturated rings. The highest BCUT2D eigenvalue weighted by molar-refractivity contribution is 9.10. The van der Waals surface area contributed by atoms with Gasteiger partial charge < -0.3 is 5.32 Å². The molecule has 0 bridgehead atoms. The summed E-state index contributed by atoms with van der Waals surface area (Å²) in [6, 6.07) is 6.63. The standard InChI is InChI=1S/C12H17BrClN/c1-3-15-9(2)4-5-10-6-7-11(13)8-12(10)14/h6-9,15H,3-5H2,1-2H3. The van der Waals surface area contributed by atoms with E-state index in [2.05, 4.69) is 41.2 Å². The van der Waals surface area contributed by atoms with Gasteiger partial charge in [-0.05, 0) is 44.0 Å². The molecule has 0 spiro atoms. The monoisotopic (exact) mass is 289 g/mol. The minimum atomic E-state index is 0.551. The number of aryl methyl sites for hydroxylation is 1. The first-order valence-electron chi connectivity index (χ1n) is 5.30. The third kappa shape index (κ3) is 4.54. The first-order chi connectivity index (χ1) is 7.13. The largest absolute Gasteiger partial charge is 0.315 e. The molecule has 1 rings (SSSR count). The van der Waals surface area contributed by atoms with Crippen molar-refractivity contribution in [3.63, 3.8) is 0 Å². The lowest BCUT2D eigenvalue weighted by atomic mass is 10.1. The molecule has 1 aromatic rings. The van der Waals surface area contributed by atoms with Gasteiger partial charge in [-0.2, -0.15) is 0 Å². The average molecular weight is 291 g/mol. The Kier molecular flexibility index (Phi) is 5.65. The van der Waals surface area contributed by atoms with Crippen LogP contribution in [0.3, 0.4) is 0 Å². The van der Waals surface area contributed by atoms with Crippen LogP contribution in [0.4, 0.5) is 0 Å². The molecule has 0 aliphatic heterocycles. The van der Waals surface area contributed by atoms with E-state index in [0.29, 0.717) is 6.04 Å². The number of nitrogens with one attached hydrogen (secondary N) is 1. The summed E-state index contributed by atoms with van der Waals surface area (Å²) in [4.78, 5) is 0. The van der Waals surface area contributed by atoms with Crippen LogP contribution < -0.4 is 5.32 Å². The summed E-state index contributed by atoms with van der Waals surface area (Å²) in [5, 5.41) is 4.25. The van der Waals surface area contributed by atoms with Crippen molar-refractivity contribution in [1.29, 1.82) is 0 Å². The third-order valence-electron chi connectivity index (χ3n) is 2.41. The van der Waals surface area contributed by atoms with E-state index in [1.807, 2.05) is 12.1 Å². The molecule has 1 unspecified atom stereocenters. The van der Waals surface area contributed by atoms with Gasteiger partial charge in [-0.15, -0.1) is 0 Å². The minimum Gasteiger partial charge on any atom is -0.315 e. The molecular weight excluding hydrogens is 273 g/mol. The molecule has 1 aromatic carbocycles. The summed E-state index contributed by atoms with van der Waals surface area (Å²) in [5.41, 5.74) is 1.23. The van der Waals surface area contributed by atoms with E-state index in [1.54, 1.807) is 0 Å². The summed E-state index contributed by atoms with van der Waals surface area (Å²) in [7, 11) is 0. The zero-order chi connectivity index (χ0) is 11.3. The Hall–Kier alpha value is -0.0500. The fraction of sp³-hybridized carbons (Fsp3) is 0.500. The van der Waals surface area contributed by atoms with Crippen molar-refractivity contribution in [2.45, 2.75) is 32.7 Å². The maximum absolute atomic E-state index is 6.14. The van der Waals surface area contributed by atoms with E-state index in [1.165, 1.54) is 5.56 Å². The van der Waals surface area contributed by atoms with Gasteiger partial charge in [-0.25, -0.2) is 0 Å². The van der Waals surface area contributed by atoms with Crippen molar-refractivity contribution < 1.29 is 0 Å². The van der Waals surface area contributed by atoms with Gasteiger partial charge >= 0.3 is 0 Å². The SMILES string of the molecule is CCNC(C)CCc1ccc(Br)cc1Cl. The Balaban J connectivity index is 2.50. The van der Waals surface area contributed by atoms with Crippen LogP contribution in [0.1, 0.15) is 25.8 Å². The second-order valence-corrected chi connectivity index (χ2v) is 5.06. The maximum Gasteiger partial charge on any atom is 0.0449 e. The van der Waals surface area contributed by atoms with Crippen molar-refractivity contribution in [2.75, 3.05) is 6.54 Å². The molecule has 3 heteroatoms. The average Bonchev–Trinajstić information content (AvgIpc) is 2.17. The molecule has 0 amide bonds. The fourth-order valence-electron chi connectivity index (χ4n) is 1.55. The highest BCUT2D eigenvalue weighted by Gasteiger charge is 2.04. The highest BCUT2D eigenvalue weighted by atomic mass is 79.9. The maximum atomic E-state index is 6.14. The van der Waals surface area contributed by atoms with Crippen molar-refractivity contribution in [2.24, 2.45) is 0 Å². The Labute approximate surface area is 105 Å². The molecule has 0 aliphatic carbocycles. The Morgan fingerprint density at radius 1 is 1.47 bits per heavy atom. The fourth-order valence-corrected chi connectivity index (χ4v) is 2.31. The Morgan fingerprint density at radius 2 is 2.20 bits per heavy atom. The number of rotatable bonds is 5. The molecule has 0 saturated carbocycles. The number of benzene rings is 1. The van der Waals surface area contributed by atoms with E-state index in [9.17, 15) is 0 Å². The van der Waals surface area contributed by atoms with Crippen LogP contribution in [0.5, 0.6) is 0 Å². The van der Waals surface area contributed by atoms with E-state index < -0.39 is 0 Å². The lowest BCUT2D eigenvalue weighted by Crippen LogP contribution is -2.25. The summed E-state index contributed by atoms with van der Waals surface area (Å²) in [6.07, 6.45) is 2.15. The minimum absolute atomic E-state index is 0.551. The predicted octanol–water partition coefficient (Wildman–Crippen LogP) is 4.03.